The van der Waals surface area contributed by atoms with Crippen molar-refractivity contribution in [2.24, 2.45) is 0 Å². The first kappa shape index (κ1) is 18.2. The highest BCUT2D eigenvalue weighted by Gasteiger charge is 2.45. The third kappa shape index (κ3) is 2.86. The fourth-order valence-corrected chi connectivity index (χ4v) is 3.82. The Bertz CT molecular complexity index is 1090. The van der Waals surface area contributed by atoms with Gasteiger partial charge in [-0.1, -0.05) is 23.4 Å². The molecule has 2 aromatic carbocycles. The molecule has 142 valence electrons. The van der Waals surface area contributed by atoms with Gasteiger partial charge in [0.25, 0.3) is 0 Å². The second-order valence-corrected chi connectivity index (χ2v) is 7.62. The molecule has 0 bridgehead atoms. The van der Waals surface area contributed by atoms with Gasteiger partial charge in [-0.25, -0.2) is 4.39 Å². The first-order chi connectivity index (χ1) is 13.4. The maximum atomic E-state index is 14.9. The highest BCUT2D eigenvalue weighted by Crippen LogP contribution is 2.48. The molecule has 0 aliphatic heterocycles. The van der Waals surface area contributed by atoms with Crippen molar-refractivity contribution >= 4 is 11.4 Å². The van der Waals surface area contributed by atoms with Crippen LogP contribution in [-0.4, -0.2) is 12.2 Å². The van der Waals surface area contributed by atoms with Crippen molar-refractivity contribution in [3.63, 3.8) is 0 Å². The maximum Gasteiger partial charge on any atom is 0.147 e. The molecule has 5 heteroatoms. The monoisotopic (exact) mass is 375 g/mol. The fraction of sp³-hybridized carbons (Fsp3) is 0.304. The summed E-state index contributed by atoms with van der Waals surface area (Å²) in [7, 11) is 1.86. The van der Waals surface area contributed by atoms with Crippen LogP contribution in [0.4, 0.5) is 15.8 Å². The summed E-state index contributed by atoms with van der Waals surface area (Å²) >= 11 is 0. The molecule has 1 aliphatic carbocycles. The van der Waals surface area contributed by atoms with Crippen LogP contribution in [0.2, 0.25) is 0 Å². The molecule has 0 amide bonds. The largest absolute Gasteiger partial charge is 0.361 e. The third-order valence-corrected chi connectivity index (χ3v) is 5.72. The number of hydrogen-bond donors (Lipinski definition) is 0. The lowest BCUT2D eigenvalue weighted by molar-refractivity contribution is 0.393. The molecular formula is C23H22FN3O. The van der Waals surface area contributed by atoms with Gasteiger partial charge in [-0.15, -0.1) is 0 Å². The van der Waals surface area contributed by atoms with Gasteiger partial charge in [0.2, 0.25) is 0 Å². The van der Waals surface area contributed by atoms with Gasteiger partial charge in [0.1, 0.15) is 11.6 Å². The Morgan fingerprint density at radius 3 is 2.43 bits per heavy atom. The second kappa shape index (κ2) is 6.49. The topological polar surface area (TPSA) is 53.1 Å². The van der Waals surface area contributed by atoms with Gasteiger partial charge in [0.15, 0.2) is 0 Å². The van der Waals surface area contributed by atoms with E-state index in [1.807, 2.05) is 57.0 Å². The van der Waals surface area contributed by atoms with Crippen molar-refractivity contribution in [3.8, 4) is 17.2 Å². The van der Waals surface area contributed by atoms with E-state index >= 15 is 0 Å². The lowest BCUT2D eigenvalue weighted by Crippen LogP contribution is -2.14. The predicted molar refractivity (Wildman–Crippen MR) is 107 cm³/mol. The first-order valence-electron chi connectivity index (χ1n) is 9.35. The number of hydrogen-bond acceptors (Lipinski definition) is 4. The Balaban J connectivity index is 1.73. The molecule has 4 rings (SSSR count). The number of aryl methyl sites for hydroxylation is 3. The lowest BCUT2D eigenvalue weighted by atomic mass is 9.97. The van der Waals surface area contributed by atoms with Gasteiger partial charge in [-0.2, -0.15) is 5.26 Å². The predicted octanol–water partition coefficient (Wildman–Crippen LogP) is 5.73. The zero-order chi connectivity index (χ0) is 20.1. The minimum Gasteiger partial charge on any atom is -0.361 e. The average molecular weight is 375 g/mol. The molecule has 1 aromatic heterocycles. The van der Waals surface area contributed by atoms with Crippen LogP contribution in [0.3, 0.4) is 0 Å². The van der Waals surface area contributed by atoms with Crippen LogP contribution in [-0.2, 0) is 5.41 Å². The zero-order valence-corrected chi connectivity index (χ0v) is 16.5. The summed E-state index contributed by atoms with van der Waals surface area (Å²) in [6.45, 7) is 5.81. The van der Waals surface area contributed by atoms with E-state index in [0.29, 0.717) is 5.69 Å². The smallest absolute Gasteiger partial charge is 0.147 e. The van der Waals surface area contributed by atoms with E-state index in [9.17, 15) is 9.65 Å². The number of benzene rings is 2. The van der Waals surface area contributed by atoms with Crippen molar-refractivity contribution in [2.75, 3.05) is 11.9 Å². The molecule has 1 aliphatic rings. The highest BCUT2D eigenvalue weighted by molar-refractivity contribution is 5.76. The summed E-state index contributed by atoms with van der Waals surface area (Å²) in [5.74, 6) is 0.445. The summed E-state index contributed by atoms with van der Waals surface area (Å²) < 4.78 is 20.2. The van der Waals surface area contributed by atoms with Crippen molar-refractivity contribution < 1.29 is 8.91 Å². The Hall–Kier alpha value is -3.13. The number of anilines is 2. The van der Waals surface area contributed by atoms with Crippen LogP contribution < -0.4 is 4.90 Å². The Kier molecular flexibility index (Phi) is 4.23. The molecule has 1 heterocycles. The van der Waals surface area contributed by atoms with E-state index < -0.39 is 5.41 Å². The molecule has 0 spiro atoms. The molecule has 4 nitrogen and oxygen atoms in total. The summed E-state index contributed by atoms with van der Waals surface area (Å²) in [5.41, 5.74) is 5.50. The molecule has 0 unspecified atom stereocenters. The second-order valence-electron chi connectivity index (χ2n) is 7.62. The van der Waals surface area contributed by atoms with Gasteiger partial charge in [-0.05, 0) is 68.5 Å². The van der Waals surface area contributed by atoms with E-state index in [1.165, 1.54) is 6.07 Å². The number of halogens is 1. The molecule has 28 heavy (non-hydrogen) atoms. The minimum atomic E-state index is -0.489. The molecule has 0 saturated heterocycles. The fourth-order valence-electron chi connectivity index (χ4n) is 3.82. The molecular weight excluding hydrogens is 353 g/mol. The van der Waals surface area contributed by atoms with Crippen LogP contribution in [0.5, 0.6) is 0 Å². The van der Waals surface area contributed by atoms with Crippen molar-refractivity contribution in [1.29, 1.82) is 5.26 Å². The van der Waals surface area contributed by atoms with Crippen LogP contribution >= 0.6 is 0 Å². The molecule has 0 N–H and O–H groups in total. The van der Waals surface area contributed by atoms with E-state index in [-0.39, 0.29) is 5.82 Å². The van der Waals surface area contributed by atoms with E-state index in [2.05, 4.69) is 11.2 Å². The standard InChI is InChI=1S/C23H22FN3O/c1-14-5-6-17(22-15(2)26-28-16(22)3)11-21(14)27(4)20-8-7-18(12-19(20)24)23(13-25)9-10-23/h5-8,11-12H,9-10H2,1-4H3. The van der Waals surface area contributed by atoms with Gasteiger partial charge >= 0.3 is 0 Å². The van der Waals surface area contributed by atoms with E-state index in [1.54, 1.807) is 6.07 Å². The quantitative estimate of drug-likeness (QED) is 0.584. The van der Waals surface area contributed by atoms with Gasteiger partial charge in [0.05, 0.1) is 22.9 Å². The van der Waals surface area contributed by atoms with Crippen LogP contribution in [0.25, 0.3) is 11.1 Å². The van der Waals surface area contributed by atoms with Gasteiger partial charge in [-0.3, -0.25) is 0 Å². The van der Waals surface area contributed by atoms with Crippen molar-refractivity contribution in [3.05, 3.63) is 64.8 Å². The maximum absolute atomic E-state index is 14.9. The third-order valence-electron chi connectivity index (χ3n) is 5.72. The van der Waals surface area contributed by atoms with Crippen molar-refractivity contribution in [1.82, 2.24) is 5.16 Å². The van der Waals surface area contributed by atoms with Gasteiger partial charge < -0.3 is 9.42 Å². The van der Waals surface area contributed by atoms with Gasteiger partial charge in [0, 0.05) is 18.3 Å². The SMILES string of the molecule is Cc1ccc(-c2c(C)noc2C)cc1N(C)c1ccc(C2(C#N)CC2)cc1F. The van der Waals surface area contributed by atoms with Crippen LogP contribution in [0.1, 0.15) is 35.4 Å². The number of rotatable bonds is 4. The number of nitrogens with zero attached hydrogens (tertiary/aromatic N) is 3. The molecule has 1 fully saturated rings. The summed E-state index contributed by atoms with van der Waals surface area (Å²) in [5, 5.41) is 13.4. The normalized spacial score (nSPS) is 14.6. The Morgan fingerprint density at radius 1 is 1.11 bits per heavy atom. The zero-order valence-electron chi connectivity index (χ0n) is 16.5. The van der Waals surface area contributed by atoms with Crippen molar-refractivity contribution in [2.45, 2.75) is 39.0 Å². The van der Waals surface area contributed by atoms with Crippen LogP contribution in [0, 0.1) is 37.9 Å². The number of nitriles is 1. The molecule has 1 saturated carbocycles. The minimum absolute atomic E-state index is 0.316. The molecule has 3 aromatic rings. The Morgan fingerprint density at radius 2 is 1.86 bits per heavy atom. The summed E-state index contributed by atoms with van der Waals surface area (Å²) in [6.07, 6.45) is 1.60. The molecule has 0 radical (unpaired) electrons. The first-order valence-corrected chi connectivity index (χ1v) is 9.35. The number of aromatic nitrogens is 1. The highest BCUT2D eigenvalue weighted by atomic mass is 19.1. The lowest BCUT2D eigenvalue weighted by Gasteiger charge is -2.24. The van der Waals surface area contributed by atoms with Crippen LogP contribution in [0.15, 0.2) is 40.9 Å². The Labute approximate surface area is 164 Å². The summed E-state index contributed by atoms with van der Waals surface area (Å²) in [6, 6.07) is 13.6. The molecule has 0 atom stereocenters. The summed E-state index contributed by atoms with van der Waals surface area (Å²) in [4.78, 5) is 1.85. The van der Waals surface area contributed by atoms with E-state index in [4.69, 9.17) is 4.52 Å². The van der Waals surface area contributed by atoms with E-state index in [0.717, 1.165) is 52.2 Å². The average Bonchev–Trinajstić information content (AvgIpc) is 3.42.